The number of imidazole rings is 1. The molecule has 5 heterocycles. The molecule has 9 heteroatoms. The van der Waals surface area contributed by atoms with Crippen molar-refractivity contribution in [3.05, 3.63) is 48.9 Å². The van der Waals surface area contributed by atoms with Crippen molar-refractivity contribution in [3.63, 3.8) is 0 Å². The summed E-state index contributed by atoms with van der Waals surface area (Å²) < 4.78 is 0. The number of H-pyrrole nitrogens is 2. The number of benzene rings is 1. The van der Waals surface area contributed by atoms with Crippen molar-refractivity contribution in [3.8, 4) is 22.6 Å². The first-order valence-corrected chi connectivity index (χ1v) is 12.5. The largest absolute Gasteiger partial charge is 0.374 e. The summed E-state index contributed by atoms with van der Waals surface area (Å²) in [5.41, 5.74) is 7.15. The highest BCUT2D eigenvalue weighted by molar-refractivity contribution is 5.96. The molecule has 4 aromatic heterocycles. The molecule has 0 amide bonds. The van der Waals surface area contributed by atoms with Crippen LogP contribution in [0.4, 0.5) is 11.4 Å². The maximum Gasteiger partial charge on any atom is 0.181 e. The number of fused-ring (bicyclic) bond motifs is 2. The van der Waals surface area contributed by atoms with Gasteiger partial charge in [-0.1, -0.05) is 19.9 Å². The zero-order valence-corrected chi connectivity index (χ0v) is 20.5. The number of aliphatic hydroxyl groups is 1. The molecule has 6 rings (SSSR count). The topological polar surface area (TPSA) is 119 Å². The Morgan fingerprint density at radius 3 is 2.69 bits per heavy atom. The Kier molecular flexibility index (Phi) is 5.77. The Hall–Kier alpha value is -3.98. The average molecular weight is 483 g/mol. The lowest BCUT2D eigenvalue weighted by atomic mass is 10.1. The maximum absolute atomic E-state index is 10.2. The van der Waals surface area contributed by atoms with Gasteiger partial charge in [-0.2, -0.15) is 5.10 Å². The normalized spacial score (nSPS) is 15.2. The third kappa shape index (κ3) is 4.15. The van der Waals surface area contributed by atoms with E-state index in [-0.39, 0.29) is 5.92 Å². The molecule has 1 atom stereocenters. The molecule has 9 nitrogen and oxygen atoms in total. The fourth-order valence-electron chi connectivity index (χ4n) is 4.78. The molecule has 0 aliphatic carbocycles. The van der Waals surface area contributed by atoms with Crippen molar-refractivity contribution in [2.45, 2.75) is 39.3 Å². The fraction of sp³-hybridized carbons (Fsp3) is 0.333. The van der Waals surface area contributed by atoms with E-state index in [9.17, 15) is 5.11 Å². The zero-order valence-electron chi connectivity index (χ0n) is 20.5. The van der Waals surface area contributed by atoms with Crippen molar-refractivity contribution < 1.29 is 5.11 Å². The molecular weight excluding hydrogens is 452 g/mol. The molecule has 1 saturated heterocycles. The number of rotatable bonds is 6. The minimum atomic E-state index is -0.647. The molecule has 0 spiro atoms. The molecule has 5 aromatic rings. The number of anilines is 2. The standard InChI is InChI=1S/C27H30N8O/c1-16(2)27(36)30-19-11-17(13-28-15-19)18-12-20-23(33-34-25(20)29-14-18)26-31-21-7-6-8-22(24(21)32-26)35-9-4-3-5-10-35/h6-8,11-16,27,30,36H,3-5,9-10H2,1-2H3,(H,31,32)(H,29,33,34). The van der Waals surface area contributed by atoms with Gasteiger partial charge in [-0.05, 0) is 49.4 Å². The Morgan fingerprint density at radius 1 is 1.03 bits per heavy atom. The van der Waals surface area contributed by atoms with Crippen molar-refractivity contribution >= 4 is 33.4 Å². The van der Waals surface area contributed by atoms with E-state index in [1.807, 2.05) is 19.9 Å². The van der Waals surface area contributed by atoms with Crippen LogP contribution in [0.2, 0.25) is 0 Å². The minimum absolute atomic E-state index is 0.0828. The molecule has 36 heavy (non-hydrogen) atoms. The second kappa shape index (κ2) is 9.23. The average Bonchev–Trinajstić information content (AvgIpc) is 3.53. The summed E-state index contributed by atoms with van der Waals surface area (Å²) in [7, 11) is 0. The van der Waals surface area contributed by atoms with Gasteiger partial charge in [-0.25, -0.2) is 9.97 Å². The van der Waals surface area contributed by atoms with Crippen LogP contribution in [0.15, 0.2) is 48.9 Å². The van der Waals surface area contributed by atoms with E-state index in [0.29, 0.717) is 5.65 Å². The molecule has 4 N–H and O–H groups in total. The smallest absolute Gasteiger partial charge is 0.181 e. The molecule has 0 radical (unpaired) electrons. The number of aromatic nitrogens is 6. The van der Waals surface area contributed by atoms with E-state index in [4.69, 9.17) is 4.98 Å². The van der Waals surface area contributed by atoms with E-state index in [1.54, 1.807) is 18.6 Å². The van der Waals surface area contributed by atoms with Gasteiger partial charge in [0.05, 0.1) is 28.5 Å². The molecule has 1 unspecified atom stereocenters. The van der Waals surface area contributed by atoms with Gasteiger partial charge >= 0.3 is 0 Å². The lowest BCUT2D eigenvalue weighted by Crippen LogP contribution is -2.29. The predicted octanol–water partition coefficient (Wildman–Crippen LogP) is 4.94. The predicted molar refractivity (Wildman–Crippen MR) is 143 cm³/mol. The Balaban J connectivity index is 1.37. The molecule has 0 bridgehead atoms. The van der Waals surface area contributed by atoms with Gasteiger partial charge in [0.25, 0.3) is 0 Å². The van der Waals surface area contributed by atoms with Crippen LogP contribution in [0.3, 0.4) is 0 Å². The van der Waals surface area contributed by atoms with E-state index < -0.39 is 6.23 Å². The van der Waals surface area contributed by atoms with Crippen LogP contribution in [-0.2, 0) is 0 Å². The van der Waals surface area contributed by atoms with Gasteiger partial charge in [0.2, 0.25) is 0 Å². The number of para-hydroxylation sites is 1. The summed E-state index contributed by atoms with van der Waals surface area (Å²) in [6.45, 7) is 6.05. The number of aliphatic hydroxyl groups excluding tert-OH is 1. The number of hydrogen-bond donors (Lipinski definition) is 4. The minimum Gasteiger partial charge on any atom is -0.374 e. The van der Waals surface area contributed by atoms with Crippen molar-refractivity contribution in [1.82, 2.24) is 30.1 Å². The van der Waals surface area contributed by atoms with Crippen LogP contribution in [0, 0.1) is 5.92 Å². The fourth-order valence-corrected chi connectivity index (χ4v) is 4.78. The lowest BCUT2D eigenvalue weighted by Gasteiger charge is -2.28. The second-order valence-corrected chi connectivity index (χ2v) is 9.80. The number of piperidine rings is 1. The summed E-state index contributed by atoms with van der Waals surface area (Å²) in [6, 6.07) is 10.3. The first-order valence-electron chi connectivity index (χ1n) is 12.5. The third-order valence-electron chi connectivity index (χ3n) is 6.85. The quantitative estimate of drug-likeness (QED) is 0.253. The van der Waals surface area contributed by atoms with E-state index in [0.717, 1.165) is 57.8 Å². The molecule has 184 valence electrons. The van der Waals surface area contributed by atoms with Crippen molar-refractivity contribution in [2.75, 3.05) is 23.3 Å². The summed E-state index contributed by atoms with van der Waals surface area (Å²) in [5.74, 6) is 0.823. The Bertz CT molecular complexity index is 1520. The van der Waals surface area contributed by atoms with Crippen LogP contribution in [0.1, 0.15) is 33.1 Å². The highest BCUT2D eigenvalue weighted by Gasteiger charge is 2.19. The zero-order chi connectivity index (χ0) is 24.6. The Labute approximate surface area is 209 Å². The first-order chi connectivity index (χ1) is 17.6. The van der Waals surface area contributed by atoms with Gasteiger partial charge in [0.1, 0.15) is 17.4 Å². The summed E-state index contributed by atoms with van der Waals surface area (Å²) in [5, 5.41) is 21.7. The molecule has 1 aliphatic heterocycles. The third-order valence-corrected chi connectivity index (χ3v) is 6.85. The second-order valence-electron chi connectivity index (χ2n) is 9.80. The molecule has 1 aliphatic rings. The van der Waals surface area contributed by atoms with Gasteiger partial charge in [-0.15, -0.1) is 0 Å². The van der Waals surface area contributed by atoms with Crippen LogP contribution in [-0.4, -0.2) is 54.6 Å². The molecular formula is C27H30N8O. The summed E-state index contributed by atoms with van der Waals surface area (Å²) in [4.78, 5) is 19.9. The molecule has 1 fully saturated rings. The lowest BCUT2D eigenvalue weighted by molar-refractivity contribution is 0.153. The van der Waals surface area contributed by atoms with Crippen molar-refractivity contribution in [2.24, 2.45) is 5.92 Å². The van der Waals surface area contributed by atoms with Crippen LogP contribution in [0.25, 0.3) is 44.7 Å². The maximum atomic E-state index is 10.2. The van der Waals surface area contributed by atoms with E-state index in [2.05, 4.69) is 59.6 Å². The molecule has 0 saturated carbocycles. The van der Waals surface area contributed by atoms with Crippen LogP contribution in [0.5, 0.6) is 0 Å². The summed E-state index contributed by atoms with van der Waals surface area (Å²) >= 11 is 0. The van der Waals surface area contributed by atoms with E-state index >= 15 is 0 Å². The van der Waals surface area contributed by atoms with Crippen LogP contribution < -0.4 is 10.2 Å². The number of nitrogens with one attached hydrogen (secondary N) is 3. The number of hydrogen-bond acceptors (Lipinski definition) is 7. The molecule has 1 aromatic carbocycles. The highest BCUT2D eigenvalue weighted by atomic mass is 16.3. The van der Waals surface area contributed by atoms with Gasteiger partial charge in [0.15, 0.2) is 11.5 Å². The summed E-state index contributed by atoms with van der Waals surface area (Å²) in [6.07, 6.45) is 8.37. The monoisotopic (exact) mass is 482 g/mol. The SMILES string of the molecule is CC(C)C(O)Nc1cncc(-c2cnc3n[nH]c(-c4nc5c(N6CCCCC6)cccc5[nH]4)c3c2)c1. The van der Waals surface area contributed by atoms with E-state index in [1.165, 1.54) is 24.9 Å². The van der Waals surface area contributed by atoms with Gasteiger partial charge < -0.3 is 20.3 Å². The number of pyridine rings is 2. The highest BCUT2D eigenvalue weighted by Crippen LogP contribution is 2.33. The van der Waals surface area contributed by atoms with Crippen molar-refractivity contribution in [1.29, 1.82) is 0 Å². The first kappa shape index (κ1) is 22.5. The van der Waals surface area contributed by atoms with Crippen LogP contribution >= 0.6 is 0 Å². The van der Waals surface area contributed by atoms with Gasteiger partial charge in [-0.3, -0.25) is 10.1 Å². The number of aromatic amines is 2. The Morgan fingerprint density at radius 2 is 1.86 bits per heavy atom. The van der Waals surface area contributed by atoms with Gasteiger partial charge in [0, 0.05) is 36.6 Å². The number of nitrogens with zero attached hydrogens (tertiary/aromatic N) is 5.